The molecule has 2 saturated carbocycles. The van der Waals surface area contributed by atoms with Gasteiger partial charge in [0.1, 0.15) is 0 Å². The number of amides is 1. The fourth-order valence-electron chi connectivity index (χ4n) is 4.68. The van der Waals surface area contributed by atoms with Crippen LogP contribution in [0.25, 0.3) is 0 Å². The van der Waals surface area contributed by atoms with Gasteiger partial charge in [0, 0.05) is 29.8 Å². The van der Waals surface area contributed by atoms with Crippen LogP contribution in [0, 0.1) is 17.8 Å². The minimum atomic E-state index is -0.0561. The zero-order chi connectivity index (χ0) is 16.0. The fourth-order valence-corrected chi connectivity index (χ4v) is 4.68. The normalized spacial score (nSPS) is 31.9. The predicted octanol–water partition coefficient (Wildman–Crippen LogP) is 1.24. The van der Waals surface area contributed by atoms with Gasteiger partial charge in [0.05, 0.1) is 0 Å². The zero-order valence-electron chi connectivity index (χ0n) is 13.4. The molecule has 4 N–H and O–H groups in total. The highest BCUT2D eigenvalue weighted by atomic mass is 16.2. The molecule has 1 aromatic rings. The number of rotatable bonds is 3. The summed E-state index contributed by atoms with van der Waals surface area (Å²) in [5.41, 5.74) is 8.94. The van der Waals surface area contributed by atoms with Crippen LogP contribution < -0.4 is 16.6 Å². The first-order chi connectivity index (χ1) is 11.1. The van der Waals surface area contributed by atoms with E-state index in [9.17, 15) is 9.59 Å². The lowest BCUT2D eigenvalue weighted by Gasteiger charge is -2.37. The topological polar surface area (TPSA) is 88.0 Å². The molecular weight excluding hydrogens is 290 g/mol. The molecule has 5 nitrogen and oxygen atoms in total. The Labute approximate surface area is 136 Å². The number of hydrogen-bond acceptors (Lipinski definition) is 3. The van der Waals surface area contributed by atoms with Crippen molar-refractivity contribution < 1.29 is 4.79 Å². The number of carbonyl (C=O) groups is 1. The molecule has 4 atom stereocenters. The van der Waals surface area contributed by atoms with Gasteiger partial charge in [0.15, 0.2) is 0 Å². The molecule has 0 aromatic carbocycles. The van der Waals surface area contributed by atoms with Gasteiger partial charge < -0.3 is 16.0 Å². The van der Waals surface area contributed by atoms with Gasteiger partial charge in [0.25, 0.3) is 5.56 Å². The van der Waals surface area contributed by atoms with E-state index in [-0.39, 0.29) is 17.4 Å². The third-order valence-corrected chi connectivity index (χ3v) is 6.11. The lowest BCUT2D eigenvalue weighted by atomic mass is 9.72. The second-order valence-corrected chi connectivity index (χ2v) is 7.54. The first-order valence-corrected chi connectivity index (χ1v) is 8.89. The van der Waals surface area contributed by atoms with E-state index in [4.69, 9.17) is 5.73 Å². The SMILES string of the molecule is NC1CC2CC(C(=O)NCc3cc4c([nH]c3=O)CCCC4)CC12. The molecule has 0 aliphatic heterocycles. The maximum absolute atomic E-state index is 12.4. The van der Waals surface area contributed by atoms with E-state index < -0.39 is 0 Å². The number of aromatic nitrogens is 1. The molecule has 1 heterocycles. The van der Waals surface area contributed by atoms with Crippen molar-refractivity contribution in [3.05, 3.63) is 33.2 Å². The van der Waals surface area contributed by atoms with E-state index in [1.165, 1.54) is 12.0 Å². The van der Waals surface area contributed by atoms with Crippen LogP contribution in [-0.4, -0.2) is 16.9 Å². The summed E-state index contributed by atoms with van der Waals surface area (Å²) in [5.74, 6) is 1.35. The Balaban J connectivity index is 1.39. The Morgan fingerprint density at radius 2 is 2.09 bits per heavy atom. The molecule has 0 radical (unpaired) electrons. The van der Waals surface area contributed by atoms with Crippen molar-refractivity contribution in [3.8, 4) is 0 Å². The summed E-state index contributed by atoms with van der Waals surface area (Å²) in [7, 11) is 0. The molecule has 4 rings (SSSR count). The molecule has 124 valence electrons. The molecule has 23 heavy (non-hydrogen) atoms. The molecular formula is C18H25N3O2. The zero-order valence-corrected chi connectivity index (χ0v) is 13.4. The van der Waals surface area contributed by atoms with E-state index in [0.29, 0.717) is 30.0 Å². The van der Waals surface area contributed by atoms with Crippen LogP contribution in [0.1, 0.15) is 48.9 Å². The number of pyridine rings is 1. The maximum atomic E-state index is 12.4. The predicted molar refractivity (Wildman–Crippen MR) is 87.8 cm³/mol. The maximum Gasteiger partial charge on any atom is 0.253 e. The van der Waals surface area contributed by atoms with Crippen molar-refractivity contribution in [1.82, 2.24) is 10.3 Å². The lowest BCUT2D eigenvalue weighted by molar-refractivity contribution is -0.125. The Bertz CT molecular complexity index is 681. The summed E-state index contributed by atoms with van der Waals surface area (Å²) in [5, 5.41) is 2.97. The van der Waals surface area contributed by atoms with Crippen molar-refractivity contribution >= 4 is 5.91 Å². The van der Waals surface area contributed by atoms with Crippen LogP contribution in [0.4, 0.5) is 0 Å². The number of nitrogens with two attached hydrogens (primary N) is 1. The molecule has 0 saturated heterocycles. The fraction of sp³-hybridized carbons (Fsp3) is 0.667. The summed E-state index contributed by atoms with van der Waals surface area (Å²) >= 11 is 0. The first-order valence-electron chi connectivity index (χ1n) is 8.89. The summed E-state index contributed by atoms with van der Waals surface area (Å²) in [6.07, 6.45) is 7.25. The van der Waals surface area contributed by atoms with Gasteiger partial charge in [-0.2, -0.15) is 0 Å². The minimum Gasteiger partial charge on any atom is -0.352 e. The summed E-state index contributed by atoms with van der Waals surface area (Å²) in [6.45, 7) is 0.333. The van der Waals surface area contributed by atoms with Crippen LogP contribution in [0.5, 0.6) is 0 Å². The highest BCUT2D eigenvalue weighted by Gasteiger charge is 2.47. The second kappa shape index (κ2) is 5.78. The van der Waals surface area contributed by atoms with Crippen molar-refractivity contribution in [2.24, 2.45) is 23.5 Å². The summed E-state index contributed by atoms with van der Waals surface area (Å²) in [6, 6.07) is 2.28. The van der Waals surface area contributed by atoms with Gasteiger partial charge in [-0.25, -0.2) is 0 Å². The quantitative estimate of drug-likeness (QED) is 0.784. The Morgan fingerprint density at radius 1 is 1.26 bits per heavy atom. The molecule has 1 amide bonds. The van der Waals surface area contributed by atoms with E-state index in [2.05, 4.69) is 10.3 Å². The number of nitrogens with one attached hydrogen (secondary N) is 2. The van der Waals surface area contributed by atoms with Crippen molar-refractivity contribution in [2.75, 3.05) is 0 Å². The number of H-pyrrole nitrogens is 1. The average molecular weight is 315 g/mol. The Hall–Kier alpha value is -1.62. The largest absolute Gasteiger partial charge is 0.352 e. The summed E-state index contributed by atoms with van der Waals surface area (Å²) in [4.78, 5) is 27.5. The number of fused-ring (bicyclic) bond motifs is 2. The average Bonchev–Trinajstić information content (AvgIpc) is 2.90. The van der Waals surface area contributed by atoms with E-state index >= 15 is 0 Å². The Morgan fingerprint density at radius 3 is 2.87 bits per heavy atom. The van der Waals surface area contributed by atoms with Crippen LogP contribution in [-0.2, 0) is 24.2 Å². The number of aryl methyl sites for hydroxylation is 2. The van der Waals surface area contributed by atoms with E-state index in [1.807, 2.05) is 6.07 Å². The van der Waals surface area contributed by atoms with Crippen LogP contribution in [0.3, 0.4) is 0 Å². The van der Waals surface area contributed by atoms with Gasteiger partial charge in [-0.1, -0.05) is 0 Å². The third-order valence-electron chi connectivity index (χ3n) is 6.11. The molecule has 5 heteroatoms. The van der Waals surface area contributed by atoms with Gasteiger partial charge in [0.2, 0.25) is 5.91 Å². The van der Waals surface area contributed by atoms with E-state index in [0.717, 1.165) is 44.2 Å². The number of hydrogen-bond donors (Lipinski definition) is 3. The Kier molecular flexibility index (Phi) is 3.76. The van der Waals surface area contributed by atoms with Gasteiger partial charge in [-0.15, -0.1) is 0 Å². The molecule has 0 bridgehead atoms. The molecule has 0 spiro atoms. The molecule has 2 fully saturated rings. The van der Waals surface area contributed by atoms with Gasteiger partial charge >= 0.3 is 0 Å². The number of aromatic amines is 1. The van der Waals surface area contributed by atoms with Crippen molar-refractivity contribution in [3.63, 3.8) is 0 Å². The minimum absolute atomic E-state index is 0.0561. The van der Waals surface area contributed by atoms with Crippen molar-refractivity contribution in [1.29, 1.82) is 0 Å². The standard InChI is InChI=1S/C18H25N3O2/c19-15-8-11-6-12(7-14(11)15)17(22)20-9-13-5-10-3-1-2-4-16(10)21-18(13)23/h5,11-12,14-15H,1-4,6-9,19H2,(H,20,22)(H,21,23). The second-order valence-electron chi connectivity index (χ2n) is 7.54. The van der Waals surface area contributed by atoms with Crippen LogP contribution >= 0.6 is 0 Å². The van der Waals surface area contributed by atoms with Crippen LogP contribution in [0.2, 0.25) is 0 Å². The van der Waals surface area contributed by atoms with Gasteiger partial charge in [-0.3, -0.25) is 9.59 Å². The molecule has 1 aromatic heterocycles. The third kappa shape index (κ3) is 2.71. The van der Waals surface area contributed by atoms with E-state index in [1.54, 1.807) is 0 Å². The molecule has 3 aliphatic carbocycles. The lowest BCUT2D eigenvalue weighted by Crippen LogP contribution is -2.44. The summed E-state index contributed by atoms with van der Waals surface area (Å²) < 4.78 is 0. The van der Waals surface area contributed by atoms with Gasteiger partial charge in [-0.05, 0) is 68.4 Å². The number of carbonyl (C=O) groups excluding carboxylic acids is 1. The molecule has 4 unspecified atom stereocenters. The first kappa shape index (κ1) is 14.9. The van der Waals surface area contributed by atoms with Crippen molar-refractivity contribution in [2.45, 2.75) is 57.5 Å². The monoisotopic (exact) mass is 315 g/mol. The highest BCUT2D eigenvalue weighted by Crippen LogP contribution is 2.48. The highest BCUT2D eigenvalue weighted by molar-refractivity contribution is 5.79. The van der Waals surface area contributed by atoms with Crippen LogP contribution in [0.15, 0.2) is 10.9 Å². The molecule has 3 aliphatic rings. The smallest absolute Gasteiger partial charge is 0.253 e.